The van der Waals surface area contributed by atoms with Gasteiger partial charge in [-0.1, -0.05) is 48.5 Å². The predicted octanol–water partition coefficient (Wildman–Crippen LogP) is 0.784. The smallest absolute Gasteiger partial charge is 0.195 e. The Kier molecular flexibility index (Phi) is 7.09. The Morgan fingerprint density at radius 3 is 2.10 bits per heavy atom. The minimum Gasteiger partial charge on any atom is -0.595 e. The molecule has 0 amide bonds. The summed E-state index contributed by atoms with van der Waals surface area (Å²) in [4.78, 5) is 0.135. The van der Waals surface area contributed by atoms with E-state index in [1.54, 1.807) is 48.5 Å². The van der Waals surface area contributed by atoms with Crippen molar-refractivity contribution in [3.05, 3.63) is 94.8 Å². The Morgan fingerprint density at radius 1 is 0.903 bits per heavy atom. The molecule has 0 radical (unpaired) electrons. The van der Waals surface area contributed by atoms with E-state index in [1.807, 2.05) is 0 Å². The molecule has 0 aliphatic heterocycles. The molecule has 0 saturated heterocycles. The molecule has 3 aromatic rings. The van der Waals surface area contributed by atoms with E-state index in [9.17, 15) is 24.0 Å². The van der Waals surface area contributed by atoms with E-state index >= 15 is 0 Å². The fourth-order valence-corrected chi connectivity index (χ4v) is 4.11. The number of nitrogens with one attached hydrogen (secondary N) is 3. The van der Waals surface area contributed by atoms with Crippen LogP contribution in [0, 0.1) is 10.4 Å². The van der Waals surface area contributed by atoms with Crippen molar-refractivity contribution in [3.63, 3.8) is 0 Å². The van der Waals surface area contributed by atoms with Gasteiger partial charge < -0.3 is 10.4 Å². The molecule has 0 aliphatic rings. The first-order chi connectivity index (χ1) is 14.8. The van der Waals surface area contributed by atoms with Crippen LogP contribution in [0.25, 0.3) is 0 Å². The molecule has 0 bridgehead atoms. The number of rotatable bonds is 8. The third-order valence-corrected chi connectivity index (χ3v) is 5.99. The average Bonchev–Trinajstić information content (AvgIpc) is 2.77. The van der Waals surface area contributed by atoms with Crippen molar-refractivity contribution in [3.8, 4) is 0 Å². The van der Waals surface area contributed by atoms with Crippen molar-refractivity contribution in [2.45, 2.75) is 4.90 Å². The quantitative estimate of drug-likeness (QED) is 0.254. The summed E-state index contributed by atoms with van der Waals surface area (Å²) in [5, 5.41) is 42.7. The zero-order chi connectivity index (χ0) is 22.4. The average molecular weight is 444 g/mol. The molecule has 31 heavy (non-hydrogen) atoms. The second kappa shape index (κ2) is 9.76. The molecule has 11 heteroatoms. The minimum atomic E-state index is -3.72. The van der Waals surface area contributed by atoms with Crippen molar-refractivity contribution in [1.29, 1.82) is 0 Å². The van der Waals surface area contributed by atoms with E-state index < -0.39 is 26.0 Å². The number of nitrogens with zero attached hydrogens (tertiary/aromatic N) is 1. The normalized spacial score (nSPS) is 14.1. The molecular formula is C20H20N4O6S. The first-order valence-electron chi connectivity index (χ1n) is 9.04. The number of hydrazone groups is 1. The maximum atomic E-state index is 12.9. The van der Waals surface area contributed by atoms with E-state index in [4.69, 9.17) is 5.21 Å². The Bertz CT molecular complexity index is 1150. The van der Waals surface area contributed by atoms with Gasteiger partial charge in [0, 0.05) is 6.07 Å². The monoisotopic (exact) mass is 444 g/mol. The molecule has 0 saturated carbocycles. The molecule has 3 rings (SSSR count). The van der Waals surface area contributed by atoms with E-state index in [1.165, 1.54) is 24.3 Å². The van der Waals surface area contributed by atoms with Crippen LogP contribution < -0.4 is 15.9 Å². The second-order valence-electron chi connectivity index (χ2n) is 6.48. The van der Waals surface area contributed by atoms with Gasteiger partial charge in [0.1, 0.15) is 5.69 Å². The number of hydrogen-bond donors (Lipinski definition) is 5. The lowest BCUT2D eigenvalue weighted by atomic mass is 10.1. The number of sulfone groups is 1. The molecule has 10 nitrogen and oxygen atoms in total. The van der Waals surface area contributed by atoms with Crippen LogP contribution in [0.1, 0.15) is 5.56 Å². The van der Waals surface area contributed by atoms with Crippen molar-refractivity contribution in [2.24, 2.45) is 5.10 Å². The van der Waals surface area contributed by atoms with Gasteiger partial charge in [-0.05, 0) is 23.8 Å². The van der Waals surface area contributed by atoms with Crippen LogP contribution >= 0.6 is 0 Å². The zero-order valence-electron chi connectivity index (χ0n) is 16.1. The van der Waals surface area contributed by atoms with Crippen molar-refractivity contribution >= 4 is 32.6 Å². The summed E-state index contributed by atoms with van der Waals surface area (Å²) < 4.78 is 25.7. The zero-order valence-corrected chi connectivity index (χ0v) is 16.9. The standard InChI is InChI=1S/C20H20N4O6S/c25-23(26)16-11-12-18(20(13-16)24(27)28)21-22-19(15-7-3-1-4-8-15)14-31(29,30)17-9-5-2-6-10-17/h1-13,21,23-25,27H,14H2/b22-19-. The van der Waals surface area contributed by atoms with Crippen LogP contribution in [0.15, 0.2) is 88.9 Å². The summed E-state index contributed by atoms with van der Waals surface area (Å²) in [6, 6.07) is 20.0. The van der Waals surface area contributed by atoms with Gasteiger partial charge in [0.2, 0.25) is 0 Å². The molecule has 0 spiro atoms. The Morgan fingerprint density at radius 2 is 1.52 bits per heavy atom. The van der Waals surface area contributed by atoms with Crippen LogP contribution in [-0.4, -0.2) is 30.3 Å². The third-order valence-electron chi connectivity index (χ3n) is 4.34. The van der Waals surface area contributed by atoms with Crippen molar-refractivity contribution in [2.75, 3.05) is 11.2 Å². The molecule has 5 N–H and O–H groups in total. The van der Waals surface area contributed by atoms with Crippen molar-refractivity contribution in [1.82, 2.24) is 0 Å². The van der Waals surface area contributed by atoms with E-state index in [-0.39, 0.29) is 27.7 Å². The van der Waals surface area contributed by atoms with Gasteiger partial charge in [0.05, 0.1) is 22.4 Å². The summed E-state index contributed by atoms with van der Waals surface area (Å²) in [6.07, 6.45) is 0. The lowest BCUT2D eigenvalue weighted by molar-refractivity contribution is -0.996. The molecular weight excluding hydrogens is 424 g/mol. The van der Waals surface area contributed by atoms with Gasteiger partial charge in [-0.15, -0.1) is 0 Å². The topological polar surface area (TPSA) is 154 Å². The molecule has 162 valence electrons. The highest BCUT2D eigenvalue weighted by molar-refractivity contribution is 7.92. The van der Waals surface area contributed by atoms with E-state index in [0.29, 0.717) is 5.56 Å². The van der Waals surface area contributed by atoms with Gasteiger partial charge in [-0.3, -0.25) is 5.43 Å². The first-order valence-corrected chi connectivity index (χ1v) is 10.7. The van der Waals surface area contributed by atoms with Gasteiger partial charge >= 0.3 is 0 Å². The van der Waals surface area contributed by atoms with Gasteiger partial charge in [0.15, 0.2) is 21.2 Å². The lowest BCUT2D eigenvalue weighted by Crippen LogP contribution is -3.00. The summed E-state index contributed by atoms with van der Waals surface area (Å²) in [6.45, 7) is 0. The fourth-order valence-electron chi connectivity index (χ4n) is 2.78. The molecule has 3 aromatic carbocycles. The van der Waals surface area contributed by atoms with Gasteiger partial charge in [0.25, 0.3) is 0 Å². The number of hydrogen-bond acceptors (Lipinski definition) is 8. The van der Waals surface area contributed by atoms with Crippen LogP contribution in [0.4, 0.5) is 17.1 Å². The largest absolute Gasteiger partial charge is 0.595 e. The summed E-state index contributed by atoms with van der Waals surface area (Å²) in [7, 11) is -3.72. The fraction of sp³-hybridized carbons (Fsp3) is 0.0500. The van der Waals surface area contributed by atoms with Gasteiger partial charge in [-0.2, -0.15) is 15.6 Å². The van der Waals surface area contributed by atoms with Crippen LogP contribution in [-0.2, 0) is 9.84 Å². The van der Waals surface area contributed by atoms with Crippen LogP contribution in [0.3, 0.4) is 0 Å². The molecule has 0 heterocycles. The Balaban J connectivity index is 1.98. The number of anilines is 1. The predicted molar refractivity (Wildman–Crippen MR) is 113 cm³/mol. The second-order valence-corrected chi connectivity index (χ2v) is 8.47. The summed E-state index contributed by atoms with van der Waals surface area (Å²) >= 11 is 0. The molecule has 0 aliphatic carbocycles. The molecule has 0 aromatic heterocycles. The molecule has 0 fully saturated rings. The maximum absolute atomic E-state index is 12.9. The lowest BCUT2D eigenvalue weighted by Gasteiger charge is -2.18. The Labute approximate surface area is 178 Å². The summed E-state index contributed by atoms with van der Waals surface area (Å²) in [5.41, 5.74) is 2.82. The maximum Gasteiger partial charge on any atom is 0.195 e. The van der Waals surface area contributed by atoms with Crippen LogP contribution in [0.2, 0.25) is 0 Å². The molecule has 2 unspecified atom stereocenters. The third kappa shape index (κ3) is 5.71. The summed E-state index contributed by atoms with van der Waals surface area (Å²) in [5.74, 6) is -0.427. The van der Waals surface area contributed by atoms with Crippen LogP contribution in [0.5, 0.6) is 0 Å². The molecule has 2 atom stereocenters. The minimum absolute atomic E-state index is 0.0306. The number of benzene rings is 3. The van der Waals surface area contributed by atoms with E-state index in [0.717, 1.165) is 6.07 Å². The highest BCUT2D eigenvalue weighted by Gasteiger charge is 2.20. The first kappa shape index (κ1) is 22.5. The number of quaternary nitrogens is 2. The highest BCUT2D eigenvalue weighted by Crippen LogP contribution is 2.21. The Hall–Kier alpha value is -3.16. The van der Waals surface area contributed by atoms with E-state index in [2.05, 4.69) is 10.5 Å². The SMILES string of the molecule is O=S(=O)(C/C(=N/Nc1ccc([NH+]([O-])O)cc1[NH+]([O-])O)c1ccccc1)c1ccccc1. The van der Waals surface area contributed by atoms with Crippen molar-refractivity contribution < 1.29 is 29.3 Å². The van der Waals surface area contributed by atoms with Gasteiger partial charge in [-0.25, -0.2) is 18.8 Å². The highest BCUT2D eigenvalue weighted by atomic mass is 32.2.